The highest BCUT2D eigenvalue weighted by Gasteiger charge is 2.35. The number of rotatable bonds is 9. The van der Waals surface area contributed by atoms with Gasteiger partial charge in [-0.15, -0.1) is 0 Å². The summed E-state index contributed by atoms with van der Waals surface area (Å²) in [6.07, 6.45) is 0.178. The summed E-state index contributed by atoms with van der Waals surface area (Å²) >= 11 is 0. The molecule has 2 N–H and O–H groups in total. The molecule has 1 atom stereocenters. The molecule has 4 rings (SSSR count). The molecule has 0 unspecified atom stereocenters. The Morgan fingerprint density at radius 1 is 1.00 bits per heavy atom. The van der Waals surface area contributed by atoms with Gasteiger partial charge in [0.05, 0.1) is 18.2 Å². The van der Waals surface area contributed by atoms with Crippen molar-refractivity contribution in [2.75, 3.05) is 23.5 Å². The molecule has 7 nitrogen and oxygen atoms in total. The third-order valence-corrected chi connectivity index (χ3v) is 5.65. The average molecular weight is 460 g/mol. The molecule has 2 amide bonds. The normalized spacial score (nSPS) is 15.2. The van der Waals surface area contributed by atoms with E-state index in [1.165, 1.54) is 0 Å². The zero-order valence-corrected chi connectivity index (χ0v) is 19.4. The maximum absolute atomic E-state index is 12.7. The Hall–Kier alpha value is -4.00. The van der Waals surface area contributed by atoms with Gasteiger partial charge in [-0.2, -0.15) is 0 Å². The third-order valence-electron chi connectivity index (χ3n) is 5.65. The number of anilines is 2. The maximum atomic E-state index is 12.7. The van der Waals surface area contributed by atoms with Crippen LogP contribution in [-0.2, 0) is 16.2 Å². The van der Waals surface area contributed by atoms with Crippen LogP contribution >= 0.6 is 0 Å². The Bertz CT molecular complexity index is 1130. The number of nitrogens with zero attached hydrogens (tertiary/aromatic N) is 1. The minimum atomic E-state index is -0.429. The van der Waals surface area contributed by atoms with Crippen molar-refractivity contribution in [3.05, 3.63) is 83.9 Å². The quantitative estimate of drug-likeness (QED) is 0.462. The van der Waals surface area contributed by atoms with Gasteiger partial charge in [-0.25, -0.2) is 0 Å². The summed E-state index contributed by atoms with van der Waals surface area (Å²) in [5.41, 5.74) is 9.31. The predicted octanol–water partition coefficient (Wildman–Crippen LogP) is 4.47. The molecule has 3 aromatic rings. The Morgan fingerprint density at radius 3 is 2.50 bits per heavy atom. The second-order valence-corrected chi connectivity index (χ2v) is 8.22. The number of hydrogen-bond acceptors (Lipinski definition) is 5. The number of amides is 2. The van der Waals surface area contributed by atoms with Crippen molar-refractivity contribution in [3.8, 4) is 11.5 Å². The molecule has 0 saturated carbocycles. The SMILES string of the molecule is CCOc1cc(NNC(=O)[C@@H]2CC(=O)N(c3ccc(C)cc3)C2)ccc1OCc1ccccc1. The molecule has 0 aromatic heterocycles. The molecule has 1 heterocycles. The van der Waals surface area contributed by atoms with E-state index in [-0.39, 0.29) is 18.2 Å². The van der Waals surface area contributed by atoms with Crippen molar-refractivity contribution < 1.29 is 19.1 Å². The van der Waals surface area contributed by atoms with E-state index in [0.29, 0.717) is 36.9 Å². The molecule has 0 radical (unpaired) electrons. The summed E-state index contributed by atoms with van der Waals surface area (Å²) in [7, 11) is 0. The van der Waals surface area contributed by atoms with Crippen LogP contribution in [0.15, 0.2) is 72.8 Å². The van der Waals surface area contributed by atoms with Gasteiger partial charge in [0, 0.05) is 24.7 Å². The topological polar surface area (TPSA) is 79.9 Å². The first-order valence-electron chi connectivity index (χ1n) is 11.4. The van der Waals surface area contributed by atoms with Crippen LogP contribution in [-0.4, -0.2) is 25.0 Å². The third kappa shape index (κ3) is 5.67. The van der Waals surface area contributed by atoms with E-state index < -0.39 is 5.92 Å². The Kier molecular flexibility index (Phi) is 7.32. The van der Waals surface area contributed by atoms with Gasteiger partial charge in [-0.1, -0.05) is 48.0 Å². The number of carbonyl (C=O) groups is 2. The number of ether oxygens (including phenoxy) is 2. The molecular formula is C27H29N3O4. The molecule has 1 fully saturated rings. The minimum absolute atomic E-state index is 0.0532. The molecule has 176 valence electrons. The van der Waals surface area contributed by atoms with Crippen LogP contribution in [0, 0.1) is 12.8 Å². The highest BCUT2D eigenvalue weighted by Crippen LogP contribution is 2.31. The van der Waals surface area contributed by atoms with Crippen LogP contribution in [0.2, 0.25) is 0 Å². The minimum Gasteiger partial charge on any atom is -0.490 e. The second-order valence-electron chi connectivity index (χ2n) is 8.22. The fourth-order valence-electron chi connectivity index (χ4n) is 3.80. The van der Waals surface area contributed by atoms with Gasteiger partial charge in [0.25, 0.3) is 0 Å². The fraction of sp³-hybridized carbons (Fsp3) is 0.259. The van der Waals surface area contributed by atoms with E-state index in [9.17, 15) is 9.59 Å². The number of benzene rings is 3. The highest BCUT2D eigenvalue weighted by molar-refractivity contribution is 6.00. The molecule has 34 heavy (non-hydrogen) atoms. The zero-order valence-electron chi connectivity index (χ0n) is 19.4. The molecule has 1 saturated heterocycles. The predicted molar refractivity (Wildman–Crippen MR) is 132 cm³/mol. The number of hydrogen-bond donors (Lipinski definition) is 2. The van der Waals surface area contributed by atoms with Crippen LogP contribution in [0.3, 0.4) is 0 Å². The van der Waals surface area contributed by atoms with Gasteiger partial charge in [0.2, 0.25) is 11.8 Å². The lowest BCUT2D eigenvalue weighted by atomic mass is 10.1. The smallest absolute Gasteiger partial charge is 0.243 e. The van der Waals surface area contributed by atoms with E-state index in [4.69, 9.17) is 9.47 Å². The van der Waals surface area contributed by atoms with Crippen molar-refractivity contribution in [2.24, 2.45) is 5.92 Å². The van der Waals surface area contributed by atoms with Gasteiger partial charge in [-0.3, -0.25) is 20.4 Å². The van der Waals surface area contributed by atoms with Crippen LogP contribution in [0.5, 0.6) is 11.5 Å². The number of aryl methyl sites for hydroxylation is 1. The standard InChI is InChI=1S/C27H29N3O4/c1-3-33-25-16-22(11-14-24(25)34-18-20-7-5-4-6-8-20)28-29-27(32)21-15-26(31)30(17-21)23-12-9-19(2)10-13-23/h4-14,16,21,28H,3,15,17-18H2,1-2H3,(H,29,32)/t21-/m1/s1. The number of hydrazine groups is 1. The summed E-state index contributed by atoms with van der Waals surface area (Å²) in [5.74, 6) is 0.492. The van der Waals surface area contributed by atoms with Crippen molar-refractivity contribution in [1.82, 2.24) is 5.43 Å². The number of nitrogens with one attached hydrogen (secondary N) is 2. The lowest BCUT2D eigenvalue weighted by Gasteiger charge is -2.18. The van der Waals surface area contributed by atoms with Crippen molar-refractivity contribution in [2.45, 2.75) is 26.9 Å². The first kappa shape index (κ1) is 23.2. The van der Waals surface area contributed by atoms with E-state index in [0.717, 1.165) is 16.8 Å². The molecule has 0 bridgehead atoms. The lowest BCUT2D eigenvalue weighted by molar-refractivity contribution is -0.125. The molecule has 7 heteroatoms. The summed E-state index contributed by atoms with van der Waals surface area (Å²) in [6.45, 7) is 5.16. The van der Waals surface area contributed by atoms with E-state index in [2.05, 4.69) is 10.9 Å². The van der Waals surface area contributed by atoms with Crippen molar-refractivity contribution in [3.63, 3.8) is 0 Å². The van der Waals surface area contributed by atoms with Crippen molar-refractivity contribution in [1.29, 1.82) is 0 Å². The van der Waals surface area contributed by atoms with Gasteiger partial charge >= 0.3 is 0 Å². The first-order chi connectivity index (χ1) is 16.5. The number of carbonyl (C=O) groups excluding carboxylic acids is 2. The van der Waals surface area contributed by atoms with Crippen LogP contribution in [0.25, 0.3) is 0 Å². The summed E-state index contributed by atoms with van der Waals surface area (Å²) in [5, 5.41) is 0. The van der Waals surface area contributed by atoms with Crippen LogP contribution in [0.1, 0.15) is 24.5 Å². The summed E-state index contributed by atoms with van der Waals surface area (Å²) in [6, 6.07) is 23.0. The molecule has 0 aliphatic carbocycles. The monoisotopic (exact) mass is 459 g/mol. The summed E-state index contributed by atoms with van der Waals surface area (Å²) in [4.78, 5) is 26.8. The van der Waals surface area contributed by atoms with Crippen LogP contribution < -0.4 is 25.2 Å². The van der Waals surface area contributed by atoms with E-state index in [1.807, 2.05) is 74.5 Å². The second kappa shape index (κ2) is 10.7. The molecular weight excluding hydrogens is 430 g/mol. The fourth-order valence-corrected chi connectivity index (χ4v) is 3.80. The average Bonchev–Trinajstić information content (AvgIpc) is 3.25. The van der Waals surface area contributed by atoms with Gasteiger partial charge in [0.15, 0.2) is 11.5 Å². The summed E-state index contributed by atoms with van der Waals surface area (Å²) < 4.78 is 11.7. The van der Waals surface area contributed by atoms with Crippen LogP contribution in [0.4, 0.5) is 11.4 Å². The molecule has 1 aliphatic rings. The zero-order chi connectivity index (χ0) is 23.9. The lowest BCUT2D eigenvalue weighted by Crippen LogP contribution is -2.36. The first-order valence-corrected chi connectivity index (χ1v) is 11.4. The van der Waals surface area contributed by atoms with Gasteiger partial charge < -0.3 is 14.4 Å². The Labute approximate surface area is 199 Å². The van der Waals surface area contributed by atoms with Gasteiger partial charge in [-0.05, 0) is 43.7 Å². The highest BCUT2D eigenvalue weighted by atomic mass is 16.5. The van der Waals surface area contributed by atoms with E-state index in [1.54, 1.807) is 17.0 Å². The molecule has 0 spiro atoms. The largest absolute Gasteiger partial charge is 0.490 e. The Balaban J connectivity index is 1.35. The van der Waals surface area contributed by atoms with Crippen molar-refractivity contribution >= 4 is 23.2 Å². The maximum Gasteiger partial charge on any atom is 0.243 e. The van der Waals surface area contributed by atoms with Gasteiger partial charge in [0.1, 0.15) is 6.61 Å². The van der Waals surface area contributed by atoms with E-state index >= 15 is 0 Å². The Morgan fingerprint density at radius 2 is 1.76 bits per heavy atom. The molecule has 3 aromatic carbocycles. The molecule has 1 aliphatic heterocycles.